The Labute approximate surface area is 132 Å². The molecule has 4 nitrogen and oxygen atoms in total. The number of methoxy groups -OCH3 is 1. The quantitative estimate of drug-likeness (QED) is 0.939. The second-order valence-corrected chi connectivity index (χ2v) is 5.18. The van der Waals surface area contributed by atoms with Crippen molar-refractivity contribution >= 4 is 28.9 Å². The lowest BCUT2D eigenvalue weighted by molar-refractivity contribution is 0.0907. The molecule has 0 radical (unpaired) electrons. The van der Waals surface area contributed by atoms with Gasteiger partial charge >= 0.3 is 0 Å². The summed E-state index contributed by atoms with van der Waals surface area (Å²) in [6, 6.07) is 13.5. The van der Waals surface area contributed by atoms with Crippen molar-refractivity contribution in [2.24, 2.45) is 0 Å². The minimum absolute atomic E-state index is 0.0126. The van der Waals surface area contributed by atoms with E-state index in [9.17, 15) is 9.59 Å². The zero-order valence-electron chi connectivity index (χ0n) is 11.7. The predicted molar refractivity (Wildman–Crippen MR) is 84.2 cm³/mol. The van der Waals surface area contributed by atoms with Gasteiger partial charge in [-0.15, -0.1) is 0 Å². The van der Waals surface area contributed by atoms with Crippen LogP contribution in [0.4, 0.5) is 5.69 Å². The van der Waals surface area contributed by atoms with E-state index in [1.54, 1.807) is 48.5 Å². The van der Waals surface area contributed by atoms with E-state index in [-0.39, 0.29) is 23.0 Å². The molecule has 0 unspecified atom stereocenters. The molecule has 0 aliphatic heterocycles. The van der Waals surface area contributed by atoms with E-state index in [2.05, 4.69) is 5.32 Å². The van der Waals surface area contributed by atoms with Crippen molar-refractivity contribution in [3.63, 3.8) is 0 Å². The normalized spacial score (nSPS) is 13.9. The zero-order valence-corrected chi connectivity index (χ0v) is 12.5. The third-order valence-electron chi connectivity index (χ3n) is 3.39. The van der Waals surface area contributed by atoms with Crippen LogP contribution in [-0.4, -0.2) is 18.7 Å². The molecule has 22 heavy (non-hydrogen) atoms. The summed E-state index contributed by atoms with van der Waals surface area (Å²) >= 11 is 5.84. The van der Waals surface area contributed by atoms with Gasteiger partial charge in [-0.1, -0.05) is 35.9 Å². The number of hydrogen-bond donors (Lipinski definition) is 1. The maximum atomic E-state index is 12.6. The third kappa shape index (κ3) is 2.38. The van der Waals surface area contributed by atoms with Crippen molar-refractivity contribution in [3.8, 4) is 0 Å². The summed E-state index contributed by atoms with van der Waals surface area (Å²) < 4.78 is 5.16. The summed E-state index contributed by atoms with van der Waals surface area (Å²) in [5, 5.41) is 3.54. The molecule has 0 saturated carbocycles. The van der Waals surface area contributed by atoms with Gasteiger partial charge in [0.25, 0.3) is 0 Å². The molecule has 2 aromatic carbocycles. The van der Waals surface area contributed by atoms with E-state index in [4.69, 9.17) is 16.3 Å². The molecule has 0 bridgehead atoms. The molecule has 0 heterocycles. The first-order chi connectivity index (χ1) is 10.6. The highest BCUT2D eigenvalue weighted by Crippen LogP contribution is 2.28. The van der Waals surface area contributed by atoms with E-state index in [0.717, 1.165) is 0 Å². The van der Waals surface area contributed by atoms with E-state index in [1.165, 1.54) is 7.11 Å². The van der Waals surface area contributed by atoms with E-state index >= 15 is 0 Å². The van der Waals surface area contributed by atoms with Gasteiger partial charge in [-0.3, -0.25) is 9.59 Å². The molecule has 0 atom stereocenters. The number of ether oxygens (including phenoxy) is 1. The van der Waals surface area contributed by atoms with Crippen LogP contribution < -0.4 is 5.32 Å². The van der Waals surface area contributed by atoms with Crippen LogP contribution in [0.5, 0.6) is 0 Å². The smallest absolute Gasteiger partial charge is 0.230 e. The average Bonchev–Trinajstić information content (AvgIpc) is 2.55. The summed E-state index contributed by atoms with van der Waals surface area (Å²) in [7, 11) is 1.37. The summed E-state index contributed by atoms with van der Waals surface area (Å²) in [5.41, 5.74) is 1.50. The van der Waals surface area contributed by atoms with Crippen LogP contribution in [0.25, 0.3) is 0 Å². The topological polar surface area (TPSA) is 55.4 Å². The molecule has 3 rings (SSSR count). The van der Waals surface area contributed by atoms with Gasteiger partial charge in [-0.05, 0) is 24.3 Å². The maximum absolute atomic E-state index is 12.6. The van der Waals surface area contributed by atoms with Gasteiger partial charge in [-0.2, -0.15) is 0 Å². The third-order valence-corrected chi connectivity index (χ3v) is 3.65. The number of carbonyl (C=O) groups excluding carboxylic acids is 2. The van der Waals surface area contributed by atoms with Crippen LogP contribution in [0.3, 0.4) is 0 Å². The van der Waals surface area contributed by atoms with Crippen molar-refractivity contribution in [2.45, 2.75) is 0 Å². The fraction of sp³-hybridized carbons (Fsp3) is 0.0588. The number of hydrogen-bond acceptors (Lipinski definition) is 4. The Bertz CT molecular complexity index is 794. The molecule has 5 heteroatoms. The van der Waals surface area contributed by atoms with Crippen LogP contribution in [0.2, 0.25) is 5.02 Å². The Morgan fingerprint density at radius 1 is 0.909 bits per heavy atom. The minimum Gasteiger partial charge on any atom is -0.491 e. The second-order valence-electron chi connectivity index (χ2n) is 4.74. The second kappa shape index (κ2) is 5.66. The number of benzene rings is 2. The van der Waals surface area contributed by atoms with Gasteiger partial charge in [0.05, 0.1) is 7.11 Å². The van der Waals surface area contributed by atoms with Crippen LogP contribution >= 0.6 is 11.6 Å². The molecule has 2 aromatic rings. The van der Waals surface area contributed by atoms with E-state index in [1.807, 2.05) is 0 Å². The first-order valence-electron chi connectivity index (χ1n) is 6.61. The van der Waals surface area contributed by atoms with Crippen LogP contribution in [-0.2, 0) is 4.74 Å². The molecule has 1 aliphatic rings. The Kier molecular flexibility index (Phi) is 3.69. The first-order valence-corrected chi connectivity index (χ1v) is 6.99. The molecule has 1 aliphatic carbocycles. The van der Waals surface area contributed by atoms with Crippen LogP contribution in [0, 0.1) is 0 Å². The molecule has 0 amide bonds. The van der Waals surface area contributed by atoms with Gasteiger partial charge in [0.2, 0.25) is 11.6 Å². The van der Waals surface area contributed by atoms with Crippen molar-refractivity contribution < 1.29 is 14.3 Å². The number of halogens is 1. The van der Waals surface area contributed by atoms with E-state index < -0.39 is 0 Å². The van der Waals surface area contributed by atoms with Crippen molar-refractivity contribution in [1.29, 1.82) is 0 Å². The van der Waals surface area contributed by atoms with E-state index in [0.29, 0.717) is 21.8 Å². The lowest BCUT2D eigenvalue weighted by atomic mass is 9.91. The fourth-order valence-corrected chi connectivity index (χ4v) is 2.46. The predicted octanol–water partition coefficient (Wildman–Crippen LogP) is 3.69. The Morgan fingerprint density at radius 2 is 1.50 bits per heavy atom. The molecule has 110 valence electrons. The van der Waals surface area contributed by atoms with Gasteiger partial charge in [-0.25, -0.2) is 0 Å². The minimum atomic E-state index is -0.311. The first kappa shape index (κ1) is 14.4. The number of nitrogens with one attached hydrogen (secondary N) is 1. The standard InChI is InChI=1S/C17H12ClNO3/c1-22-17-14(19-11-8-6-10(18)7-9-11)15(20)12-4-2-3-5-13(12)16(17)21/h2-9,19H,1H3. The Balaban J connectivity index is 2.06. The van der Waals surface area contributed by atoms with Crippen molar-refractivity contribution in [2.75, 3.05) is 12.4 Å². The van der Waals surface area contributed by atoms with Gasteiger partial charge < -0.3 is 10.1 Å². The van der Waals surface area contributed by atoms with Gasteiger partial charge in [0.1, 0.15) is 5.70 Å². The molecule has 0 spiro atoms. The number of anilines is 1. The number of allylic oxidation sites excluding steroid dienone is 2. The summed E-state index contributed by atoms with van der Waals surface area (Å²) in [5.74, 6) is -0.574. The monoisotopic (exact) mass is 313 g/mol. The number of Topliss-reactive ketones (excluding diaryl/α,β-unsaturated/α-hetero) is 2. The lowest BCUT2D eigenvalue weighted by Gasteiger charge is -2.20. The molecular weight excluding hydrogens is 302 g/mol. The maximum Gasteiger partial charge on any atom is 0.230 e. The summed E-state index contributed by atoms with van der Waals surface area (Å²) in [6.07, 6.45) is 0. The fourth-order valence-electron chi connectivity index (χ4n) is 2.34. The molecular formula is C17H12ClNO3. The lowest BCUT2D eigenvalue weighted by Crippen LogP contribution is -2.26. The zero-order chi connectivity index (χ0) is 15.7. The summed E-state index contributed by atoms with van der Waals surface area (Å²) in [4.78, 5) is 25.1. The molecule has 1 N–H and O–H groups in total. The molecule has 0 aromatic heterocycles. The van der Waals surface area contributed by atoms with Gasteiger partial charge in [0.15, 0.2) is 5.76 Å². The number of carbonyl (C=O) groups is 2. The highest BCUT2D eigenvalue weighted by atomic mass is 35.5. The number of fused-ring (bicyclic) bond motifs is 1. The Morgan fingerprint density at radius 3 is 2.09 bits per heavy atom. The highest BCUT2D eigenvalue weighted by Gasteiger charge is 2.33. The average molecular weight is 314 g/mol. The van der Waals surface area contributed by atoms with Crippen molar-refractivity contribution in [3.05, 3.63) is 76.1 Å². The molecule has 0 fully saturated rings. The highest BCUT2D eigenvalue weighted by molar-refractivity contribution is 6.30. The number of ketones is 2. The number of rotatable bonds is 3. The van der Waals surface area contributed by atoms with Crippen LogP contribution in [0.1, 0.15) is 20.7 Å². The molecule has 0 saturated heterocycles. The SMILES string of the molecule is COC1=C(Nc2ccc(Cl)cc2)C(=O)c2ccccc2C1=O. The van der Waals surface area contributed by atoms with Gasteiger partial charge in [0, 0.05) is 21.8 Å². The Hall–Kier alpha value is -2.59. The van der Waals surface area contributed by atoms with Crippen molar-refractivity contribution in [1.82, 2.24) is 0 Å². The summed E-state index contributed by atoms with van der Waals surface area (Å²) in [6.45, 7) is 0. The largest absolute Gasteiger partial charge is 0.491 e. The van der Waals surface area contributed by atoms with Crippen LogP contribution in [0.15, 0.2) is 60.0 Å².